The van der Waals surface area contributed by atoms with Gasteiger partial charge in [0, 0.05) is 16.3 Å². The Morgan fingerprint density at radius 1 is 0.487 bits per heavy atom. The van der Waals surface area contributed by atoms with Crippen molar-refractivity contribution in [1.29, 1.82) is 0 Å². The van der Waals surface area contributed by atoms with Crippen LogP contribution in [-0.2, 0) is 0 Å². The van der Waals surface area contributed by atoms with Gasteiger partial charge in [0.25, 0.3) is 0 Å². The van der Waals surface area contributed by atoms with E-state index in [-0.39, 0.29) is 55.8 Å². The molecular weight excluding hydrogens is 472 g/mol. The number of ether oxygens (including phenoxy) is 1. The Hall–Kier alpha value is -5.14. The molecule has 0 saturated carbocycles. The summed E-state index contributed by atoms with van der Waals surface area (Å²) in [5, 5.41) is 4.80. The van der Waals surface area contributed by atoms with Crippen LogP contribution in [0.15, 0.2) is 133 Å². The standard InChI is InChI=1S/C38H22O/c1-3-13-26-23(9-1)19-20-30-32(26)21-25-10-2-4-14-27(25)37(30)33-22-34-29-17-7-11-24-12-8-18-35(36(24)29)39-38(34)31-16-6-5-15-28(31)33/h1-22H/i5D,6D,7D,8D,11D,12D,15D,16D,17D,18D,22D. The zero-order valence-electron chi connectivity index (χ0n) is 31.3. The Bertz CT molecular complexity index is 2910. The number of benzene rings is 8. The van der Waals surface area contributed by atoms with E-state index in [1.165, 1.54) is 0 Å². The molecule has 1 aliphatic rings. The van der Waals surface area contributed by atoms with Gasteiger partial charge in [-0.3, -0.25) is 0 Å². The Labute approximate surface area is 241 Å². The van der Waals surface area contributed by atoms with Gasteiger partial charge >= 0.3 is 0 Å². The fourth-order valence-electron chi connectivity index (χ4n) is 5.90. The van der Waals surface area contributed by atoms with Gasteiger partial charge in [0.1, 0.15) is 11.5 Å². The average molecular weight is 506 g/mol. The second kappa shape index (κ2) is 7.69. The van der Waals surface area contributed by atoms with Gasteiger partial charge in [0.05, 0.1) is 15.1 Å². The maximum atomic E-state index is 9.97. The molecular formula is C38H22O. The van der Waals surface area contributed by atoms with Crippen LogP contribution in [0.25, 0.3) is 76.1 Å². The maximum Gasteiger partial charge on any atom is 0.143 e. The highest BCUT2D eigenvalue weighted by Crippen LogP contribution is 2.52. The number of rotatable bonds is 1. The van der Waals surface area contributed by atoms with Gasteiger partial charge in [-0.15, -0.1) is 0 Å². The van der Waals surface area contributed by atoms with Crippen molar-refractivity contribution in [3.63, 3.8) is 0 Å². The molecule has 39 heavy (non-hydrogen) atoms. The lowest BCUT2D eigenvalue weighted by atomic mass is 9.84. The number of hydrogen-bond donors (Lipinski definition) is 0. The lowest BCUT2D eigenvalue weighted by Gasteiger charge is -2.25. The lowest BCUT2D eigenvalue weighted by Crippen LogP contribution is -1.99. The molecule has 8 aromatic rings. The van der Waals surface area contributed by atoms with E-state index in [2.05, 4.69) is 6.07 Å². The molecule has 0 atom stereocenters. The molecule has 1 aliphatic heterocycles. The van der Waals surface area contributed by atoms with Crippen molar-refractivity contribution in [3.05, 3.63) is 133 Å². The van der Waals surface area contributed by atoms with Gasteiger partial charge in [0.2, 0.25) is 0 Å². The highest BCUT2D eigenvalue weighted by molar-refractivity contribution is 6.23. The molecule has 0 spiro atoms. The van der Waals surface area contributed by atoms with Gasteiger partial charge in [-0.1, -0.05) is 115 Å². The van der Waals surface area contributed by atoms with E-state index in [9.17, 15) is 2.74 Å². The van der Waals surface area contributed by atoms with E-state index in [1.54, 1.807) is 0 Å². The van der Waals surface area contributed by atoms with Crippen LogP contribution < -0.4 is 4.74 Å². The van der Waals surface area contributed by atoms with Crippen molar-refractivity contribution >= 4 is 53.9 Å². The third kappa shape index (κ3) is 2.85. The van der Waals surface area contributed by atoms with Crippen LogP contribution in [0.2, 0.25) is 0 Å². The van der Waals surface area contributed by atoms with Crippen LogP contribution >= 0.6 is 0 Å². The summed E-state index contributed by atoms with van der Waals surface area (Å²) in [5.41, 5.74) is 0.590. The minimum Gasteiger partial charge on any atom is -0.455 e. The summed E-state index contributed by atoms with van der Waals surface area (Å²) < 4.78 is 104. The van der Waals surface area contributed by atoms with Crippen LogP contribution in [0, 0.1) is 0 Å². The molecule has 0 aliphatic carbocycles. The zero-order chi connectivity index (χ0) is 35.1. The lowest BCUT2D eigenvalue weighted by molar-refractivity contribution is 0.493. The van der Waals surface area contributed by atoms with Gasteiger partial charge < -0.3 is 4.74 Å². The van der Waals surface area contributed by atoms with Crippen LogP contribution in [0.3, 0.4) is 0 Å². The van der Waals surface area contributed by atoms with E-state index in [0.29, 0.717) is 10.9 Å². The van der Waals surface area contributed by atoms with Crippen LogP contribution in [0.4, 0.5) is 0 Å². The smallest absolute Gasteiger partial charge is 0.143 e. The summed E-state index contributed by atoms with van der Waals surface area (Å²) in [6.07, 6.45) is 0. The first-order valence-electron chi connectivity index (χ1n) is 18.1. The van der Waals surface area contributed by atoms with Crippen LogP contribution in [0.5, 0.6) is 11.5 Å². The monoisotopic (exact) mass is 505 g/mol. The number of hydrogen-bond acceptors (Lipinski definition) is 1. The Kier molecular flexibility index (Phi) is 2.58. The molecule has 9 rings (SSSR count). The third-order valence-electron chi connectivity index (χ3n) is 7.58. The molecule has 0 radical (unpaired) electrons. The minimum absolute atomic E-state index is 0.00901. The summed E-state index contributed by atoms with van der Waals surface area (Å²) in [4.78, 5) is 0. The second-order valence-electron chi connectivity index (χ2n) is 9.61. The van der Waals surface area contributed by atoms with E-state index in [1.807, 2.05) is 60.7 Å². The molecule has 0 unspecified atom stereocenters. The summed E-state index contributed by atoms with van der Waals surface area (Å²) >= 11 is 0. The molecule has 1 heterocycles. The van der Waals surface area contributed by atoms with E-state index >= 15 is 0 Å². The molecule has 0 fully saturated rings. The van der Waals surface area contributed by atoms with Crippen molar-refractivity contribution in [3.8, 4) is 33.8 Å². The first-order valence-corrected chi connectivity index (χ1v) is 12.6. The quantitative estimate of drug-likeness (QED) is 0.159. The Balaban J connectivity index is 1.60. The topological polar surface area (TPSA) is 9.23 Å². The SMILES string of the molecule is [2H]c1c([2H])c2c3c(c([2H])c([2H])c([2H])c3c1[2H])-c1c([2H])c(-c3c4ccccc4cc4c3ccc3ccccc34)c3c([2H])c([2H])c([2H])c([2H])c3c1O2. The van der Waals surface area contributed by atoms with E-state index in [4.69, 9.17) is 17.1 Å². The molecule has 0 saturated heterocycles. The largest absolute Gasteiger partial charge is 0.455 e. The van der Waals surface area contributed by atoms with E-state index < -0.39 is 60.4 Å². The molecule has 0 N–H and O–H groups in total. The molecule has 1 nitrogen and oxygen atoms in total. The highest BCUT2D eigenvalue weighted by Gasteiger charge is 2.25. The Morgan fingerprint density at radius 2 is 1.26 bits per heavy atom. The predicted molar refractivity (Wildman–Crippen MR) is 165 cm³/mol. The molecule has 8 aromatic carbocycles. The summed E-state index contributed by atoms with van der Waals surface area (Å²) in [5.74, 6) is -0.478. The fraction of sp³-hybridized carbons (Fsp3) is 0. The second-order valence-corrected chi connectivity index (χ2v) is 9.61. The Morgan fingerprint density at radius 3 is 2.15 bits per heavy atom. The van der Waals surface area contributed by atoms with E-state index in [0.717, 1.165) is 26.9 Å². The minimum atomic E-state index is -0.559. The average Bonchev–Trinajstić information content (AvgIpc) is 3.12. The number of fused-ring (bicyclic) bond motifs is 8. The van der Waals surface area contributed by atoms with Crippen molar-refractivity contribution in [2.75, 3.05) is 0 Å². The first kappa shape index (κ1) is 13.1. The molecule has 0 aromatic heterocycles. The van der Waals surface area contributed by atoms with Crippen molar-refractivity contribution in [2.45, 2.75) is 0 Å². The summed E-state index contributed by atoms with van der Waals surface area (Å²) in [7, 11) is 0. The molecule has 1 heteroatoms. The third-order valence-corrected chi connectivity index (χ3v) is 7.58. The van der Waals surface area contributed by atoms with Gasteiger partial charge in [-0.05, 0) is 77.9 Å². The van der Waals surface area contributed by atoms with Crippen molar-refractivity contribution in [2.24, 2.45) is 0 Å². The van der Waals surface area contributed by atoms with Crippen molar-refractivity contribution in [1.82, 2.24) is 0 Å². The van der Waals surface area contributed by atoms with Gasteiger partial charge in [-0.2, -0.15) is 0 Å². The van der Waals surface area contributed by atoms with Gasteiger partial charge in [-0.25, -0.2) is 0 Å². The molecule has 180 valence electrons. The maximum absolute atomic E-state index is 9.97. The summed E-state index contributed by atoms with van der Waals surface area (Å²) in [6.45, 7) is 0. The van der Waals surface area contributed by atoms with Gasteiger partial charge in [0.15, 0.2) is 0 Å². The molecule has 0 bridgehead atoms. The zero-order valence-corrected chi connectivity index (χ0v) is 20.3. The highest BCUT2D eigenvalue weighted by atomic mass is 16.5. The summed E-state index contributed by atoms with van der Waals surface area (Å²) in [6, 6.07) is 16.2. The predicted octanol–water partition coefficient (Wildman–Crippen LogP) is 10.9. The normalized spacial score (nSPS) is 16.3. The molecule has 0 amide bonds. The van der Waals surface area contributed by atoms with Crippen molar-refractivity contribution < 1.29 is 19.8 Å². The first-order chi connectivity index (χ1) is 23.9. The fourth-order valence-corrected chi connectivity index (χ4v) is 5.90. The van der Waals surface area contributed by atoms with Crippen LogP contribution in [0.1, 0.15) is 15.1 Å². The van der Waals surface area contributed by atoms with Crippen LogP contribution in [-0.4, -0.2) is 0 Å².